The summed E-state index contributed by atoms with van der Waals surface area (Å²) in [7, 11) is 0. The molecule has 0 aliphatic rings. The molecule has 23 heavy (non-hydrogen) atoms. The fourth-order valence-corrected chi connectivity index (χ4v) is 1.80. The van der Waals surface area contributed by atoms with Crippen LogP contribution in [-0.4, -0.2) is 16.4 Å². The number of nitro groups is 1. The second kappa shape index (κ2) is 7.15. The van der Waals surface area contributed by atoms with Gasteiger partial charge in [-0.3, -0.25) is 20.3 Å². The van der Waals surface area contributed by atoms with E-state index in [1.807, 2.05) is 0 Å². The Morgan fingerprint density at radius 2 is 1.96 bits per heavy atom. The van der Waals surface area contributed by atoms with Gasteiger partial charge in [-0.1, -0.05) is 17.7 Å². The van der Waals surface area contributed by atoms with E-state index in [4.69, 9.17) is 16.9 Å². The van der Waals surface area contributed by atoms with E-state index < -0.39 is 10.7 Å². The quantitative estimate of drug-likeness (QED) is 0.391. The molecular formula is C15H9ClN4O3. The van der Waals surface area contributed by atoms with Crippen LogP contribution < -0.4 is 5.43 Å². The third-order valence-electron chi connectivity index (χ3n) is 2.78. The lowest BCUT2D eigenvalue weighted by atomic mass is 10.1. The minimum atomic E-state index is -0.581. The van der Waals surface area contributed by atoms with Crippen molar-refractivity contribution < 1.29 is 9.72 Å². The molecular weight excluding hydrogens is 320 g/mol. The molecule has 2 aromatic carbocycles. The second-order valence-electron chi connectivity index (χ2n) is 4.33. The fraction of sp³-hybridized carbons (Fsp3) is 0. The van der Waals surface area contributed by atoms with Crippen molar-refractivity contribution in [1.29, 1.82) is 5.26 Å². The number of carbonyl (C=O) groups is 1. The van der Waals surface area contributed by atoms with Crippen LogP contribution >= 0.6 is 11.6 Å². The molecule has 0 saturated carbocycles. The minimum absolute atomic E-state index is 0.132. The molecule has 0 unspecified atom stereocenters. The van der Waals surface area contributed by atoms with Gasteiger partial charge in [-0.15, -0.1) is 0 Å². The van der Waals surface area contributed by atoms with Crippen LogP contribution in [0.4, 0.5) is 11.4 Å². The zero-order valence-electron chi connectivity index (χ0n) is 11.6. The molecule has 0 amide bonds. The Bertz CT molecular complexity index is 825. The van der Waals surface area contributed by atoms with Gasteiger partial charge in [-0.2, -0.15) is 10.4 Å². The first kappa shape index (κ1) is 16.1. The highest BCUT2D eigenvalue weighted by atomic mass is 35.5. The van der Waals surface area contributed by atoms with Crippen molar-refractivity contribution in [3.05, 3.63) is 69.2 Å². The number of non-ortho nitro benzene ring substituents is 1. The van der Waals surface area contributed by atoms with Crippen molar-refractivity contribution in [1.82, 2.24) is 0 Å². The summed E-state index contributed by atoms with van der Waals surface area (Å²) >= 11 is 5.74. The summed E-state index contributed by atoms with van der Waals surface area (Å²) < 4.78 is 0. The third kappa shape index (κ3) is 4.12. The number of nitrogens with one attached hydrogen (secondary N) is 1. The van der Waals surface area contributed by atoms with E-state index >= 15 is 0 Å². The predicted molar refractivity (Wildman–Crippen MR) is 85.5 cm³/mol. The van der Waals surface area contributed by atoms with E-state index in [1.54, 1.807) is 6.07 Å². The molecule has 0 radical (unpaired) electrons. The monoisotopic (exact) mass is 328 g/mol. The molecule has 0 saturated heterocycles. The van der Waals surface area contributed by atoms with E-state index in [9.17, 15) is 14.9 Å². The highest BCUT2D eigenvalue weighted by Crippen LogP contribution is 2.17. The second-order valence-corrected chi connectivity index (χ2v) is 4.76. The maximum absolute atomic E-state index is 12.1. The molecule has 0 bridgehead atoms. The average molecular weight is 329 g/mol. The number of hydrogen-bond acceptors (Lipinski definition) is 6. The number of hydrazone groups is 1. The topological polar surface area (TPSA) is 108 Å². The van der Waals surface area contributed by atoms with Crippen LogP contribution in [0.1, 0.15) is 10.4 Å². The van der Waals surface area contributed by atoms with Crippen LogP contribution in [0, 0.1) is 21.4 Å². The van der Waals surface area contributed by atoms with Gasteiger partial charge >= 0.3 is 0 Å². The van der Waals surface area contributed by atoms with Crippen molar-refractivity contribution in [3.63, 3.8) is 0 Å². The van der Waals surface area contributed by atoms with Gasteiger partial charge in [0.1, 0.15) is 6.07 Å². The van der Waals surface area contributed by atoms with E-state index in [0.29, 0.717) is 5.02 Å². The van der Waals surface area contributed by atoms with Gasteiger partial charge in [-0.25, -0.2) is 0 Å². The number of anilines is 1. The highest BCUT2D eigenvalue weighted by Gasteiger charge is 2.14. The Balaban J connectivity index is 2.21. The van der Waals surface area contributed by atoms with Gasteiger partial charge in [0.15, 0.2) is 0 Å². The molecule has 0 fully saturated rings. The van der Waals surface area contributed by atoms with E-state index in [1.165, 1.54) is 48.5 Å². The number of nitriles is 1. The van der Waals surface area contributed by atoms with Crippen LogP contribution in [-0.2, 0) is 0 Å². The average Bonchev–Trinajstić information content (AvgIpc) is 2.56. The highest BCUT2D eigenvalue weighted by molar-refractivity contribution is 6.51. The molecule has 0 heterocycles. The normalized spacial score (nSPS) is 10.7. The van der Waals surface area contributed by atoms with Crippen molar-refractivity contribution in [3.8, 4) is 6.07 Å². The lowest BCUT2D eigenvalue weighted by Gasteiger charge is -2.02. The zero-order chi connectivity index (χ0) is 16.8. The summed E-state index contributed by atoms with van der Waals surface area (Å²) in [6, 6.07) is 13.2. The summed E-state index contributed by atoms with van der Waals surface area (Å²) in [5.41, 5.74) is 2.51. The Morgan fingerprint density at radius 1 is 1.26 bits per heavy atom. The number of hydrogen-bond donors (Lipinski definition) is 1. The van der Waals surface area contributed by atoms with Crippen LogP contribution in [0.15, 0.2) is 53.6 Å². The summed E-state index contributed by atoms with van der Waals surface area (Å²) in [5, 5.41) is 23.9. The van der Waals surface area contributed by atoms with Crippen molar-refractivity contribution >= 4 is 34.5 Å². The Morgan fingerprint density at radius 3 is 2.57 bits per heavy atom. The number of carbonyl (C=O) groups excluding carboxylic acids is 1. The molecule has 0 aromatic heterocycles. The lowest BCUT2D eigenvalue weighted by Crippen LogP contribution is -2.14. The lowest BCUT2D eigenvalue weighted by molar-refractivity contribution is -0.384. The molecule has 0 spiro atoms. The molecule has 0 aliphatic carbocycles. The van der Waals surface area contributed by atoms with Gasteiger partial charge in [0, 0.05) is 22.7 Å². The van der Waals surface area contributed by atoms with E-state index in [2.05, 4.69) is 10.5 Å². The molecule has 2 rings (SSSR count). The maximum Gasteiger partial charge on any atom is 0.271 e. The first-order valence-electron chi connectivity index (χ1n) is 6.30. The van der Waals surface area contributed by atoms with Crippen LogP contribution in [0.25, 0.3) is 0 Å². The van der Waals surface area contributed by atoms with Gasteiger partial charge in [0.2, 0.25) is 11.5 Å². The predicted octanol–water partition coefficient (Wildman–Crippen LogP) is 3.42. The van der Waals surface area contributed by atoms with Crippen molar-refractivity contribution in [2.75, 3.05) is 5.43 Å². The molecule has 0 aliphatic heterocycles. The molecule has 8 heteroatoms. The smallest absolute Gasteiger partial charge is 0.271 e. The molecule has 2 aromatic rings. The van der Waals surface area contributed by atoms with Crippen LogP contribution in [0.3, 0.4) is 0 Å². The number of nitro benzene ring substituents is 1. The van der Waals surface area contributed by atoms with Crippen molar-refractivity contribution in [2.24, 2.45) is 5.10 Å². The minimum Gasteiger partial charge on any atom is -0.286 e. The number of nitrogens with zero attached hydrogens (tertiary/aromatic N) is 3. The Kier molecular flexibility index (Phi) is 5.02. The molecule has 1 N–H and O–H groups in total. The largest absolute Gasteiger partial charge is 0.286 e. The van der Waals surface area contributed by atoms with Crippen LogP contribution in [0.5, 0.6) is 0 Å². The first-order valence-corrected chi connectivity index (χ1v) is 6.67. The van der Waals surface area contributed by atoms with Gasteiger partial charge in [-0.05, 0) is 30.3 Å². The maximum atomic E-state index is 12.1. The molecule has 7 nitrogen and oxygen atoms in total. The summed E-state index contributed by atoms with van der Waals surface area (Å²) in [4.78, 5) is 22.3. The Hall–Kier alpha value is -3.24. The molecule has 0 atom stereocenters. The van der Waals surface area contributed by atoms with Crippen molar-refractivity contribution in [2.45, 2.75) is 0 Å². The number of rotatable bonds is 5. The number of benzene rings is 2. The third-order valence-corrected chi connectivity index (χ3v) is 3.03. The summed E-state index contributed by atoms with van der Waals surface area (Å²) in [5.74, 6) is -0.581. The summed E-state index contributed by atoms with van der Waals surface area (Å²) in [6.45, 7) is 0. The molecule has 114 valence electrons. The van der Waals surface area contributed by atoms with Crippen LogP contribution in [0.2, 0.25) is 5.02 Å². The first-order chi connectivity index (χ1) is 11.0. The van der Waals surface area contributed by atoms with Gasteiger partial charge in [0.05, 0.1) is 10.6 Å². The SMILES string of the molecule is N#CC(=NNc1cccc([N+](=O)[O-])c1)C(=O)c1ccc(Cl)cc1. The van der Waals surface area contributed by atoms with Gasteiger partial charge < -0.3 is 0 Å². The number of Topliss-reactive ketones (excluding diaryl/α,β-unsaturated/α-hetero) is 1. The summed E-state index contributed by atoms with van der Waals surface area (Å²) in [6.07, 6.45) is 0. The zero-order valence-corrected chi connectivity index (χ0v) is 12.3. The number of ketones is 1. The fourth-order valence-electron chi connectivity index (χ4n) is 1.67. The van der Waals surface area contributed by atoms with Gasteiger partial charge in [0.25, 0.3) is 5.69 Å². The Labute approximate surface area is 136 Å². The number of halogens is 1. The van der Waals surface area contributed by atoms with E-state index in [0.717, 1.165) is 0 Å². The standard InChI is InChI=1S/C15H9ClN4O3/c16-11-6-4-10(5-7-11)15(21)14(9-17)19-18-12-2-1-3-13(8-12)20(22)23/h1-8,18H. The van der Waals surface area contributed by atoms with E-state index in [-0.39, 0.29) is 22.6 Å².